The molecule has 0 aromatic heterocycles. The number of anilines is 1. The molecule has 0 radical (unpaired) electrons. The second-order valence-electron chi connectivity index (χ2n) is 4.62. The van der Waals surface area contributed by atoms with Gasteiger partial charge in [-0.25, -0.2) is 13.1 Å². The molecule has 1 aliphatic rings. The van der Waals surface area contributed by atoms with E-state index in [0.717, 1.165) is 19.3 Å². The normalized spacial score (nSPS) is 23.7. The van der Waals surface area contributed by atoms with Crippen LogP contribution < -0.4 is 10.5 Å². The Morgan fingerprint density at radius 2 is 2.16 bits per heavy atom. The molecule has 0 bridgehead atoms. The summed E-state index contributed by atoms with van der Waals surface area (Å²) >= 11 is 4.98. The molecule has 2 atom stereocenters. The largest absolute Gasteiger partial charge is 0.399 e. The first-order chi connectivity index (χ1) is 8.94. The van der Waals surface area contributed by atoms with Gasteiger partial charge in [-0.3, -0.25) is 0 Å². The third kappa shape index (κ3) is 3.45. The number of nitrogen functional groups attached to an aromatic ring is 1. The molecule has 0 saturated heterocycles. The van der Waals surface area contributed by atoms with Crippen LogP contribution in [0.5, 0.6) is 0 Å². The monoisotopic (exact) mass is 364 g/mol. The average Bonchev–Trinajstić information content (AvgIpc) is 2.74. The fourth-order valence-electron chi connectivity index (χ4n) is 2.34. The van der Waals surface area contributed by atoms with Crippen LogP contribution in [0.25, 0.3) is 0 Å². The zero-order chi connectivity index (χ0) is 14.0. The molecule has 0 amide bonds. The quantitative estimate of drug-likeness (QED) is 0.805. The molecular weight excluding hydrogens is 348 g/mol. The van der Waals surface area contributed by atoms with Gasteiger partial charge in [0, 0.05) is 21.5 Å². The predicted molar refractivity (Wildman–Crippen MR) is 83.8 cm³/mol. The highest BCUT2D eigenvalue weighted by Crippen LogP contribution is 2.31. The van der Waals surface area contributed by atoms with Crippen molar-refractivity contribution in [2.45, 2.75) is 35.4 Å². The van der Waals surface area contributed by atoms with Crippen LogP contribution in [0.1, 0.15) is 19.3 Å². The number of halogens is 1. The standard InChI is InChI=1S/C12H17BrN2O2S2/c1-18-11-4-2-3-10(11)15-19(16,17)12-6-5-8(14)7-9(12)13/h5-7,10-11,15H,2-4,14H2,1H3. The molecule has 2 unspecified atom stereocenters. The average molecular weight is 365 g/mol. The minimum Gasteiger partial charge on any atom is -0.399 e. The van der Waals surface area contributed by atoms with Gasteiger partial charge in [0.05, 0.1) is 4.90 Å². The number of hydrogen-bond donors (Lipinski definition) is 2. The first kappa shape index (κ1) is 15.2. The van der Waals surface area contributed by atoms with E-state index in [1.54, 1.807) is 23.9 Å². The lowest BCUT2D eigenvalue weighted by molar-refractivity contribution is 0.555. The molecule has 4 nitrogen and oxygen atoms in total. The lowest BCUT2D eigenvalue weighted by atomic mass is 10.3. The van der Waals surface area contributed by atoms with E-state index in [9.17, 15) is 8.42 Å². The Bertz CT molecular complexity index is 563. The zero-order valence-electron chi connectivity index (χ0n) is 10.6. The van der Waals surface area contributed by atoms with Crippen molar-refractivity contribution in [3.05, 3.63) is 22.7 Å². The van der Waals surface area contributed by atoms with Crippen LogP contribution in [0.3, 0.4) is 0 Å². The first-order valence-corrected chi connectivity index (χ1v) is 9.60. The minimum absolute atomic E-state index is 0.0180. The molecule has 2 rings (SSSR count). The van der Waals surface area contributed by atoms with Crippen LogP contribution in [0.15, 0.2) is 27.6 Å². The maximum atomic E-state index is 12.4. The van der Waals surface area contributed by atoms with E-state index in [0.29, 0.717) is 15.4 Å². The predicted octanol–water partition coefficient (Wildman–Crippen LogP) is 2.59. The van der Waals surface area contributed by atoms with Crippen LogP contribution in [0.4, 0.5) is 5.69 Å². The Morgan fingerprint density at radius 1 is 1.42 bits per heavy atom. The van der Waals surface area contributed by atoms with E-state index in [2.05, 4.69) is 20.7 Å². The smallest absolute Gasteiger partial charge is 0.241 e. The van der Waals surface area contributed by atoms with E-state index in [-0.39, 0.29) is 10.9 Å². The molecule has 19 heavy (non-hydrogen) atoms. The van der Waals surface area contributed by atoms with E-state index >= 15 is 0 Å². The third-order valence-electron chi connectivity index (χ3n) is 3.31. The molecule has 1 aromatic carbocycles. The molecule has 1 saturated carbocycles. The molecule has 1 aromatic rings. The highest BCUT2D eigenvalue weighted by Gasteiger charge is 2.31. The Balaban J connectivity index is 2.23. The second kappa shape index (κ2) is 6.03. The minimum atomic E-state index is -3.50. The van der Waals surface area contributed by atoms with E-state index in [1.165, 1.54) is 6.07 Å². The van der Waals surface area contributed by atoms with Gasteiger partial charge in [-0.1, -0.05) is 6.42 Å². The van der Waals surface area contributed by atoms with Gasteiger partial charge in [0.1, 0.15) is 0 Å². The number of benzene rings is 1. The van der Waals surface area contributed by atoms with E-state index in [1.807, 2.05) is 6.26 Å². The highest BCUT2D eigenvalue weighted by molar-refractivity contribution is 9.10. The molecule has 7 heteroatoms. The lowest BCUT2D eigenvalue weighted by Crippen LogP contribution is -2.38. The third-order valence-corrected chi connectivity index (χ3v) is 6.94. The Labute approximate surface area is 126 Å². The van der Waals surface area contributed by atoms with Gasteiger partial charge in [0.15, 0.2) is 0 Å². The number of thioether (sulfide) groups is 1. The SMILES string of the molecule is CSC1CCCC1NS(=O)(=O)c1ccc(N)cc1Br. The molecule has 0 heterocycles. The summed E-state index contributed by atoms with van der Waals surface area (Å²) in [6, 6.07) is 4.75. The summed E-state index contributed by atoms with van der Waals surface area (Å²) in [6.07, 6.45) is 5.06. The van der Waals surface area contributed by atoms with Crippen LogP contribution in [-0.4, -0.2) is 26.0 Å². The van der Waals surface area contributed by atoms with Crippen molar-refractivity contribution in [3.8, 4) is 0 Å². The van der Waals surface area contributed by atoms with Gasteiger partial charge in [-0.05, 0) is 53.2 Å². The highest BCUT2D eigenvalue weighted by atomic mass is 79.9. The van der Waals surface area contributed by atoms with Gasteiger partial charge >= 0.3 is 0 Å². The maximum absolute atomic E-state index is 12.4. The summed E-state index contributed by atoms with van der Waals surface area (Å²) in [5.74, 6) is 0. The fourth-order valence-corrected chi connectivity index (χ4v) is 5.77. The summed E-state index contributed by atoms with van der Waals surface area (Å²) in [4.78, 5) is 0.244. The number of nitrogens with two attached hydrogens (primary N) is 1. The van der Waals surface area contributed by atoms with Crippen molar-refractivity contribution in [2.24, 2.45) is 0 Å². The van der Waals surface area contributed by atoms with Crippen molar-refractivity contribution in [2.75, 3.05) is 12.0 Å². The van der Waals surface area contributed by atoms with Crippen LogP contribution in [-0.2, 0) is 10.0 Å². The van der Waals surface area contributed by atoms with Crippen molar-refractivity contribution in [3.63, 3.8) is 0 Å². The molecule has 106 valence electrons. The lowest BCUT2D eigenvalue weighted by Gasteiger charge is -2.19. The zero-order valence-corrected chi connectivity index (χ0v) is 13.8. The second-order valence-corrected chi connectivity index (χ2v) is 8.24. The van der Waals surface area contributed by atoms with E-state index in [4.69, 9.17) is 5.73 Å². The maximum Gasteiger partial charge on any atom is 0.241 e. The van der Waals surface area contributed by atoms with Gasteiger partial charge in [0.2, 0.25) is 10.0 Å². The van der Waals surface area contributed by atoms with Crippen molar-refractivity contribution < 1.29 is 8.42 Å². The van der Waals surface area contributed by atoms with Crippen LogP contribution >= 0.6 is 27.7 Å². The van der Waals surface area contributed by atoms with Gasteiger partial charge < -0.3 is 5.73 Å². The Morgan fingerprint density at radius 3 is 2.79 bits per heavy atom. The number of sulfonamides is 1. The van der Waals surface area contributed by atoms with Crippen molar-refractivity contribution in [1.82, 2.24) is 4.72 Å². The number of hydrogen-bond acceptors (Lipinski definition) is 4. The Kier molecular flexibility index (Phi) is 4.81. The van der Waals surface area contributed by atoms with Gasteiger partial charge in [0.25, 0.3) is 0 Å². The molecule has 0 aliphatic heterocycles. The molecule has 1 aliphatic carbocycles. The molecule has 0 spiro atoms. The van der Waals surface area contributed by atoms with Crippen molar-refractivity contribution in [1.29, 1.82) is 0 Å². The summed E-state index contributed by atoms with van der Waals surface area (Å²) in [6.45, 7) is 0. The van der Waals surface area contributed by atoms with Gasteiger partial charge in [-0.2, -0.15) is 11.8 Å². The van der Waals surface area contributed by atoms with Crippen LogP contribution in [0.2, 0.25) is 0 Å². The molecule has 3 N–H and O–H groups in total. The van der Waals surface area contributed by atoms with E-state index < -0.39 is 10.0 Å². The summed E-state index contributed by atoms with van der Waals surface area (Å²) in [5, 5.41) is 0.363. The van der Waals surface area contributed by atoms with Crippen LogP contribution in [0, 0.1) is 0 Å². The first-order valence-electron chi connectivity index (χ1n) is 6.04. The summed E-state index contributed by atoms with van der Waals surface area (Å²) in [7, 11) is -3.50. The molecule has 1 fully saturated rings. The Hall–Kier alpha value is -0.240. The number of rotatable bonds is 4. The number of nitrogens with one attached hydrogen (secondary N) is 1. The molecular formula is C12H17BrN2O2S2. The summed E-state index contributed by atoms with van der Waals surface area (Å²) < 4.78 is 28.1. The van der Waals surface area contributed by atoms with Gasteiger partial charge in [-0.15, -0.1) is 0 Å². The fraction of sp³-hybridized carbons (Fsp3) is 0.500. The topological polar surface area (TPSA) is 72.2 Å². The van der Waals surface area contributed by atoms with Crippen molar-refractivity contribution >= 4 is 43.4 Å². The summed E-state index contributed by atoms with van der Waals surface area (Å²) in [5.41, 5.74) is 6.17.